The van der Waals surface area contributed by atoms with E-state index in [-0.39, 0.29) is 11.9 Å². The van der Waals surface area contributed by atoms with Gasteiger partial charge in [0, 0.05) is 31.3 Å². The number of imidazole rings is 1. The summed E-state index contributed by atoms with van der Waals surface area (Å²) in [5.41, 5.74) is 1.45. The Kier molecular flexibility index (Phi) is 4.47. The summed E-state index contributed by atoms with van der Waals surface area (Å²) in [4.78, 5) is 19.1. The van der Waals surface area contributed by atoms with E-state index in [1.54, 1.807) is 0 Å². The first-order valence-corrected chi connectivity index (χ1v) is 10.1. The van der Waals surface area contributed by atoms with Crippen molar-refractivity contribution in [3.63, 3.8) is 0 Å². The molecule has 1 unspecified atom stereocenters. The van der Waals surface area contributed by atoms with E-state index in [2.05, 4.69) is 14.7 Å². The van der Waals surface area contributed by atoms with Crippen molar-refractivity contribution in [3.8, 4) is 0 Å². The van der Waals surface area contributed by atoms with Crippen molar-refractivity contribution in [3.05, 3.63) is 35.7 Å². The fraction of sp³-hybridized carbons (Fsp3) is 0.650. The smallest absolute Gasteiger partial charge is 0.276 e. The van der Waals surface area contributed by atoms with E-state index in [0.29, 0.717) is 37.2 Å². The highest BCUT2D eigenvalue weighted by atomic mass is 16.5. The van der Waals surface area contributed by atoms with E-state index in [0.717, 1.165) is 30.9 Å². The first kappa shape index (κ1) is 17.0. The predicted molar refractivity (Wildman–Crippen MR) is 97.3 cm³/mol. The van der Waals surface area contributed by atoms with Gasteiger partial charge < -0.3 is 18.7 Å². The van der Waals surface area contributed by atoms with Gasteiger partial charge in [0.05, 0.1) is 31.2 Å². The Morgan fingerprint density at radius 3 is 2.89 bits per heavy atom. The number of fused-ring (bicyclic) bond motifs is 1. The Balaban J connectivity index is 1.25. The molecule has 7 nitrogen and oxygen atoms in total. The van der Waals surface area contributed by atoms with Gasteiger partial charge in [0.1, 0.15) is 5.76 Å². The summed E-state index contributed by atoms with van der Waals surface area (Å²) in [5, 5.41) is 4.02. The van der Waals surface area contributed by atoms with Crippen LogP contribution in [0.3, 0.4) is 0 Å². The fourth-order valence-corrected chi connectivity index (χ4v) is 4.33. The molecule has 0 bridgehead atoms. The molecule has 2 aromatic rings. The van der Waals surface area contributed by atoms with Gasteiger partial charge in [-0.05, 0) is 31.6 Å². The predicted octanol–water partition coefficient (Wildman–Crippen LogP) is 3.15. The van der Waals surface area contributed by atoms with Gasteiger partial charge in [0.25, 0.3) is 5.91 Å². The van der Waals surface area contributed by atoms with Crippen molar-refractivity contribution in [2.45, 2.75) is 57.0 Å². The van der Waals surface area contributed by atoms with Crippen LogP contribution in [-0.2, 0) is 11.3 Å². The highest BCUT2D eigenvalue weighted by molar-refractivity contribution is 5.92. The third-order valence-corrected chi connectivity index (χ3v) is 6.08. The van der Waals surface area contributed by atoms with Crippen molar-refractivity contribution in [2.75, 3.05) is 19.8 Å². The molecule has 0 radical (unpaired) electrons. The number of hydrogen-bond acceptors (Lipinski definition) is 5. The molecule has 5 rings (SSSR count). The number of aromatic nitrogens is 3. The SMILES string of the molecule is O=C(c1cc(C2CC2)on1)N1Cc2cncn2C(COCC2CCCC2)C1. The van der Waals surface area contributed by atoms with Crippen LogP contribution in [0.2, 0.25) is 0 Å². The molecular formula is C20H26N4O3. The molecule has 1 aliphatic heterocycles. The summed E-state index contributed by atoms with van der Waals surface area (Å²) in [7, 11) is 0. The molecule has 2 fully saturated rings. The van der Waals surface area contributed by atoms with Gasteiger partial charge in [-0.25, -0.2) is 4.98 Å². The molecule has 0 aromatic carbocycles. The third-order valence-electron chi connectivity index (χ3n) is 6.08. The fourth-order valence-electron chi connectivity index (χ4n) is 4.33. The molecule has 1 atom stereocenters. The van der Waals surface area contributed by atoms with Crippen LogP contribution in [0.15, 0.2) is 23.1 Å². The third kappa shape index (κ3) is 3.52. The lowest BCUT2D eigenvalue weighted by molar-refractivity contribution is 0.0429. The van der Waals surface area contributed by atoms with Gasteiger partial charge in [0.15, 0.2) is 5.69 Å². The van der Waals surface area contributed by atoms with Crippen molar-refractivity contribution in [1.29, 1.82) is 0 Å². The summed E-state index contributed by atoms with van der Waals surface area (Å²) >= 11 is 0. The number of carbonyl (C=O) groups is 1. The minimum atomic E-state index is -0.0705. The van der Waals surface area contributed by atoms with Crippen LogP contribution in [0.5, 0.6) is 0 Å². The van der Waals surface area contributed by atoms with Crippen LogP contribution >= 0.6 is 0 Å². The van der Waals surface area contributed by atoms with Crippen LogP contribution < -0.4 is 0 Å². The van der Waals surface area contributed by atoms with Gasteiger partial charge >= 0.3 is 0 Å². The zero-order chi connectivity index (χ0) is 18.2. The van der Waals surface area contributed by atoms with Crippen LogP contribution in [0, 0.1) is 5.92 Å². The highest BCUT2D eigenvalue weighted by Gasteiger charge is 2.33. The molecule has 0 N–H and O–H groups in total. The molecule has 3 heterocycles. The Hall–Kier alpha value is -2.15. The van der Waals surface area contributed by atoms with E-state index < -0.39 is 0 Å². The average Bonchev–Trinajstić information content (AvgIpc) is 3.11. The van der Waals surface area contributed by atoms with Gasteiger partial charge in [-0.2, -0.15) is 0 Å². The molecule has 2 saturated carbocycles. The maximum absolute atomic E-state index is 12.9. The Labute approximate surface area is 158 Å². The molecular weight excluding hydrogens is 344 g/mol. The minimum Gasteiger partial charge on any atom is -0.379 e. The summed E-state index contributed by atoms with van der Waals surface area (Å²) < 4.78 is 13.6. The van der Waals surface area contributed by atoms with E-state index in [1.165, 1.54) is 25.7 Å². The Morgan fingerprint density at radius 2 is 2.07 bits per heavy atom. The monoisotopic (exact) mass is 370 g/mol. The Morgan fingerprint density at radius 1 is 1.22 bits per heavy atom. The van der Waals surface area contributed by atoms with Gasteiger partial charge in [-0.3, -0.25) is 4.79 Å². The van der Waals surface area contributed by atoms with Gasteiger partial charge in [-0.1, -0.05) is 18.0 Å². The molecule has 3 aliphatic rings. The number of rotatable bonds is 6. The van der Waals surface area contributed by atoms with Gasteiger partial charge in [0.2, 0.25) is 0 Å². The van der Waals surface area contributed by atoms with E-state index in [1.807, 2.05) is 23.5 Å². The molecule has 2 aliphatic carbocycles. The zero-order valence-electron chi connectivity index (χ0n) is 15.5. The van der Waals surface area contributed by atoms with E-state index in [4.69, 9.17) is 9.26 Å². The van der Waals surface area contributed by atoms with Gasteiger partial charge in [-0.15, -0.1) is 0 Å². The summed E-state index contributed by atoms with van der Waals surface area (Å²) in [6, 6.07) is 1.91. The van der Waals surface area contributed by atoms with Crippen molar-refractivity contribution in [1.82, 2.24) is 19.6 Å². The minimum absolute atomic E-state index is 0.0705. The van der Waals surface area contributed by atoms with E-state index in [9.17, 15) is 4.79 Å². The molecule has 7 heteroatoms. The van der Waals surface area contributed by atoms with Crippen LogP contribution in [0.1, 0.15) is 72.4 Å². The van der Waals surface area contributed by atoms with E-state index >= 15 is 0 Å². The average molecular weight is 370 g/mol. The number of hydrogen-bond donors (Lipinski definition) is 0. The highest BCUT2D eigenvalue weighted by Crippen LogP contribution is 2.40. The second-order valence-corrected chi connectivity index (χ2v) is 8.21. The van der Waals surface area contributed by atoms with Crippen molar-refractivity contribution >= 4 is 5.91 Å². The summed E-state index contributed by atoms with van der Waals surface area (Å²) in [6.07, 6.45) is 11.2. The number of carbonyl (C=O) groups excluding carboxylic acids is 1. The maximum Gasteiger partial charge on any atom is 0.276 e. The second kappa shape index (κ2) is 7.11. The summed E-state index contributed by atoms with van der Waals surface area (Å²) in [5.74, 6) is 1.93. The Bertz CT molecular complexity index is 804. The van der Waals surface area contributed by atoms with Crippen molar-refractivity contribution < 1.29 is 14.1 Å². The molecule has 2 aromatic heterocycles. The molecule has 1 amide bonds. The lowest BCUT2D eigenvalue weighted by atomic mass is 10.1. The molecule has 0 saturated heterocycles. The number of nitrogens with zero attached hydrogens (tertiary/aromatic N) is 4. The molecule has 144 valence electrons. The lowest BCUT2D eigenvalue weighted by Gasteiger charge is -2.34. The first-order valence-electron chi connectivity index (χ1n) is 10.1. The molecule has 0 spiro atoms. The standard InChI is InChI=1S/C20H26N4O3/c25-20(18-7-19(27-22-18)15-5-6-15)23-9-16-8-21-13-24(16)17(10-23)12-26-11-14-3-1-2-4-14/h7-8,13-15,17H,1-6,9-12H2. The topological polar surface area (TPSA) is 73.4 Å². The molecule has 27 heavy (non-hydrogen) atoms. The number of amides is 1. The lowest BCUT2D eigenvalue weighted by Crippen LogP contribution is -2.42. The first-order chi connectivity index (χ1) is 13.3. The maximum atomic E-state index is 12.9. The summed E-state index contributed by atoms with van der Waals surface area (Å²) in [6.45, 7) is 2.58. The van der Waals surface area contributed by atoms with Crippen molar-refractivity contribution in [2.24, 2.45) is 5.92 Å². The van der Waals surface area contributed by atoms with Crippen LogP contribution in [0.25, 0.3) is 0 Å². The van der Waals surface area contributed by atoms with Crippen LogP contribution in [0.4, 0.5) is 0 Å². The quantitative estimate of drug-likeness (QED) is 0.781. The second-order valence-electron chi connectivity index (χ2n) is 8.21. The van der Waals surface area contributed by atoms with Crippen LogP contribution in [-0.4, -0.2) is 45.3 Å². The zero-order valence-corrected chi connectivity index (χ0v) is 15.5. The largest absolute Gasteiger partial charge is 0.379 e. The number of ether oxygens (including phenoxy) is 1. The normalized spacial score (nSPS) is 23.0.